The summed E-state index contributed by atoms with van der Waals surface area (Å²) in [6.07, 6.45) is 1.46. The predicted octanol–water partition coefficient (Wildman–Crippen LogP) is 3.11. The van der Waals surface area contributed by atoms with E-state index in [-0.39, 0.29) is 30.4 Å². The van der Waals surface area contributed by atoms with Gasteiger partial charge in [0.05, 0.1) is 6.54 Å². The van der Waals surface area contributed by atoms with Crippen molar-refractivity contribution in [2.75, 3.05) is 24.5 Å². The maximum Gasteiger partial charge on any atom is 0.242 e. The molecule has 1 aliphatic rings. The zero-order chi connectivity index (χ0) is 17.3. The lowest BCUT2D eigenvalue weighted by molar-refractivity contribution is -0.131. The maximum absolute atomic E-state index is 14.0. The Kier molecular flexibility index (Phi) is 4.75. The van der Waals surface area contributed by atoms with E-state index in [1.807, 2.05) is 0 Å². The molecule has 0 bridgehead atoms. The number of piperazine rings is 1. The van der Waals surface area contributed by atoms with E-state index in [9.17, 15) is 18.0 Å². The monoisotopic (exact) mass is 399 g/mol. The van der Waals surface area contributed by atoms with Gasteiger partial charge in [0.2, 0.25) is 5.91 Å². The third-order valence-electron chi connectivity index (χ3n) is 3.78. The van der Waals surface area contributed by atoms with Gasteiger partial charge in [-0.2, -0.15) is 0 Å². The summed E-state index contributed by atoms with van der Waals surface area (Å²) in [4.78, 5) is 19.3. The number of rotatable bonds is 3. The second kappa shape index (κ2) is 6.80. The third-order valence-corrected chi connectivity index (χ3v) is 4.22. The first kappa shape index (κ1) is 16.8. The van der Waals surface area contributed by atoms with Gasteiger partial charge in [-0.3, -0.25) is 4.79 Å². The highest BCUT2D eigenvalue weighted by Gasteiger charge is 2.27. The molecule has 1 aromatic carbocycles. The molecule has 0 spiro atoms. The van der Waals surface area contributed by atoms with E-state index in [1.54, 1.807) is 4.90 Å². The zero-order valence-corrected chi connectivity index (χ0v) is 14.1. The first-order valence-electron chi connectivity index (χ1n) is 7.22. The number of hydrogen-bond donors (Lipinski definition) is 0. The minimum absolute atomic E-state index is 0.0473. The molecule has 0 radical (unpaired) electrons. The molecule has 0 N–H and O–H groups in total. The lowest BCUT2D eigenvalue weighted by atomic mass is 10.1. The van der Waals surface area contributed by atoms with Crippen LogP contribution >= 0.6 is 15.9 Å². The number of halogens is 4. The standard InChI is InChI=1S/C16H13BrF3N3O/c17-11-5-14(20)16(21-7-11)23-4-3-22(15(24)9-23)8-10-1-2-12(18)6-13(10)19/h1-2,5-7H,3-4,8-9H2. The lowest BCUT2D eigenvalue weighted by Gasteiger charge is -2.35. The van der Waals surface area contributed by atoms with Crippen molar-refractivity contribution in [3.05, 3.63) is 58.0 Å². The summed E-state index contributed by atoms with van der Waals surface area (Å²) in [6.45, 7) is 0.677. The molecule has 0 unspecified atom stereocenters. The van der Waals surface area contributed by atoms with E-state index < -0.39 is 17.5 Å². The van der Waals surface area contributed by atoms with E-state index in [1.165, 1.54) is 23.2 Å². The largest absolute Gasteiger partial charge is 0.343 e. The summed E-state index contributed by atoms with van der Waals surface area (Å²) in [6, 6.07) is 4.55. The van der Waals surface area contributed by atoms with Crippen LogP contribution in [0, 0.1) is 17.5 Å². The van der Waals surface area contributed by atoms with Crippen molar-refractivity contribution < 1.29 is 18.0 Å². The quantitative estimate of drug-likeness (QED) is 0.795. The molecule has 8 heteroatoms. The maximum atomic E-state index is 14.0. The number of hydrogen-bond acceptors (Lipinski definition) is 3. The molecule has 1 aliphatic heterocycles. The van der Waals surface area contributed by atoms with Crippen LogP contribution in [-0.2, 0) is 11.3 Å². The van der Waals surface area contributed by atoms with Crippen LogP contribution in [0.5, 0.6) is 0 Å². The number of aromatic nitrogens is 1. The van der Waals surface area contributed by atoms with Gasteiger partial charge in [-0.05, 0) is 28.1 Å². The summed E-state index contributed by atoms with van der Waals surface area (Å²) in [5.41, 5.74) is 0.242. The Morgan fingerprint density at radius 3 is 2.58 bits per heavy atom. The number of amides is 1. The highest BCUT2D eigenvalue weighted by molar-refractivity contribution is 9.10. The van der Waals surface area contributed by atoms with E-state index >= 15 is 0 Å². The molecule has 2 aromatic rings. The molecule has 1 amide bonds. The highest BCUT2D eigenvalue weighted by atomic mass is 79.9. The van der Waals surface area contributed by atoms with Gasteiger partial charge in [0.25, 0.3) is 0 Å². The Morgan fingerprint density at radius 2 is 1.92 bits per heavy atom. The molecule has 4 nitrogen and oxygen atoms in total. The van der Waals surface area contributed by atoms with Gasteiger partial charge in [-0.25, -0.2) is 18.2 Å². The first-order valence-corrected chi connectivity index (χ1v) is 8.01. The first-order chi connectivity index (χ1) is 11.4. The van der Waals surface area contributed by atoms with E-state index in [2.05, 4.69) is 20.9 Å². The molecule has 24 heavy (non-hydrogen) atoms. The summed E-state index contributed by atoms with van der Waals surface area (Å²) < 4.78 is 41.1. The van der Waals surface area contributed by atoms with Gasteiger partial charge in [0.1, 0.15) is 11.6 Å². The minimum atomic E-state index is -0.689. The molecular weight excluding hydrogens is 387 g/mol. The Bertz CT molecular complexity index is 787. The smallest absolute Gasteiger partial charge is 0.242 e. The summed E-state index contributed by atoms with van der Waals surface area (Å²) in [5.74, 6) is -2.03. The van der Waals surface area contributed by atoms with Crippen molar-refractivity contribution in [1.82, 2.24) is 9.88 Å². The number of anilines is 1. The predicted molar refractivity (Wildman–Crippen MR) is 85.9 cm³/mol. The van der Waals surface area contributed by atoms with Crippen molar-refractivity contribution in [3.8, 4) is 0 Å². The molecule has 1 saturated heterocycles. The van der Waals surface area contributed by atoms with Gasteiger partial charge in [0.15, 0.2) is 11.6 Å². The molecule has 1 fully saturated rings. The average Bonchev–Trinajstić information content (AvgIpc) is 2.52. The van der Waals surface area contributed by atoms with Crippen LogP contribution in [0.1, 0.15) is 5.56 Å². The Morgan fingerprint density at radius 1 is 1.12 bits per heavy atom. The number of pyridine rings is 1. The highest BCUT2D eigenvalue weighted by Crippen LogP contribution is 2.22. The van der Waals surface area contributed by atoms with Crippen LogP contribution in [0.2, 0.25) is 0 Å². The normalized spacial score (nSPS) is 15.1. The van der Waals surface area contributed by atoms with Crippen molar-refractivity contribution >= 4 is 27.7 Å². The number of carbonyl (C=O) groups excluding carboxylic acids is 1. The Balaban J connectivity index is 1.70. The number of benzene rings is 1. The average molecular weight is 400 g/mol. The molecule has 2 heterocycles. The van der Waals surface area contributed by atoms with Crippen LogP contribution in [0.4, 0.5) is 19.0 Å². The molecule has 1 aromatic heterocycles. The third kappa shape index (κ3) is 3.53. The van der Waals surface area contributed by atoms with Crippen LogP contribution in [0.3, 0.4) is 0 Å². The molecule has 0 atom stereocenters. The summed E-state index contributed by atoms with van der Waals surface area (Å²) in [7, 11) is 0. The Labute approximate surface area is 145 Å². The molecule has 0 saturated carbocycles. The van der Waals surface area contributed by atoms with E-state index in [0.717, 1.165) is 12.1 Å². The van der Waals surface area contributed by atoms with Gasteiger partial charge in [-0.15, -0.1) is 0 Å². The Hall–Kier alpha value is -2.09. The second-order valence-electron chi connectivity index (χ2n) is 5.43. The van der Waals surface area contributed by atoms with Crippen LogP contribution in [0.15, 0.2) is 34.9 Å². The molecule has 126 valence electrons. The van der Waals surface area contributed by atoms with E-state index in [4.69, 9.17) is 0 Å². The topological polar surface area (TPSA) is 36.4 Å². The zero-order valence-electron chi connectivity index (χ0n) is 12.5. The van der Waals surface area contributed by atoms with Crippen molar-refractivity contribution in [2.24, 2.45) is 0 Å². The van der Waals surface area contributed by atoms with Crippen LogP contribution in [0.25, 0.3) is 0 Å². The second-order valence-corrected chi connectivity index (χ2v) is 6.35. The molecule has 0 aliphatic carbocycles. The van der Waals surface area contributed by atoms with Crippen LogP contribution in [-0.4, -0.2) is 35.4 Å². The number of carbonyl (C=O) groups is 1. The van der Waals surface area contributed by atoms with Gasteiger partial charge in [0, 0.05) is 41.9 Å². The van der Waals surface area contributed by atoms with Gasteiger partial charge in [-0.1, -0.05) is 6.07 Å². The van der Waals surface area contributed by atoms with E-state index in [0.29, 0.717) is 17.6 Å². The van der Waals surface area contributed by atoms with Crippen molar-refractivity contribution in [2.45, 2.75) is 6.54 Å². The van der Waals surface area contributed by atoms with Crippen LogP contribution < -0.4 is 4.90 Å². The minimum Gasteiger partial charge on any atom is -0.343 e. The fourth-order valence-electron chi connectivity index (χ4n) is 2.55. The lowest BCUT2D eigenvalue weighted by Crippen LogP contribution is -2.50. The van der Waals surface area contributed by atoms with Crippen molar-refractivity contribution in [1.29, 1.82) is 0 Å². The molecule has 3 rings (SSSR count). The summed E-state index contributed by atoms with van der Waals surface area (Å²) >= 11 is 3.13. The fourth-order valence-corrected chi connectivity index (χ4v) is 2.86. The molecular formula is C16H13BrF3N3O. The fraction of sp³-hybridized carbons (Fsp3) is 0.250. The van der Waals surface area contributed by atoms with Crippen molar-refractivity contribution in [3.63, 3.8) is 0 Å². The SMILES string of the molecule is O=C1CN(c2ncc(Br)cc2F)CCN1Cc1ccc(F)cc1F. The summed E-state index contributed by atoms with van der Waals surface area (Å²) in [5, 5.41) is 0. The van der Waals surface area contributed by atoms with Gasteiger partial charge < -0.3 is 9.80 Å². The van der Waals surface area contributed by atoms with Gasteiger partial charge >= 0.3 is 0 Å². The number of nitrogens with zero attached hydrogens (tertiary/aromatic N) is 3.